The van der Waals surface area contributed by atoms with E-state index in [9.17, 15) is 9.59 Å². The van der Waals surface area contributed by atoms with E-state index in [1.807, 2.05) is 53.3 Å². The summed E-state index contributed by atoms with van der Waals surface area (Å²) in [4.78, 5) is 29.7. The minimum Gasteiger partial charge on any atom is -0.496 e. The van der Waals surface area contributed by atoms with Crippen molar-refractivity contribution in [2.24, 2.45) is 11.8 Å². The van der Waals surface area contributed by atoms with Crippen LogP contribution in [0.5, 0.6) is 5.75 Å². The summed E-state index contributed by atoms with van der Waals surface area (Å²) >= 11 is 1.62. The lowest BCUT2D eigenvalue weighted by Crippen LogP contribution is -2.65. The molecule has 7 heteroatoms. The molecule has 0 spiro atoms. The molecule has 5 rings (SSSR count). The number of methoxy groups -OCH3 is 1. The summed E-state index contributed by atoms with van der Waals surface area (Å²) in [5.74, 6) is 1.50. The van der Waals surface area contributed by atoms with E-state index in [2.05, 4.69) is 19.2 Å². The maximum Gasteiger partial charge on any atom is 0.271 e. The first-order valence-corrected chi connectivity index (χ1v) is 13.0. The fourth-order valence-corrected chi connectivity index (χ4v) is 6.46. The van der Waals surface area contributed by atoms with Crippen LogP contribution >= 0.6 is 11.3 Å². The lowest BCUT2D eigenvalue weighted by molar-refractivity contribution is -0.134. The van der Waals surface area contributed by atoms with Gasteiger partial charge in [-0.3, -0.25) is 9.59 Å². The second-order valence-corrected chi connectivity index (χ2v) is 11.1. The highest BCUT2D eigenvalue weighted by Gasteiger charge is 2.49. The number of hydrogen-bond donors (Lipinski definition) is 1. The van der Waals surface area contributed by atoms with Gasteiger partial charge in [-0.1, -0.05) is 44.9 Å². The van der Waals surface area contributed by atoms with Gasteiger partial charge in [0.2, 0.25) is 5.91 Å². The van der Waals surface area contributed by atoms with Crippen molar-refractivity contribution >= 4 is 33.4 Å². The average Bonchev–Trinajstić information content (AvgIpc) is 3.42. The van der Waals surface area contributed by atoms with Gasteiger partial charge in [0, 0.05) is 11.6 Å². The minimum absolute atomic E-state index is 0.0792. The van der Waals surface area contributed by atoms with Gasteiger partial charge in [-0.15, -0.1) is 11.3 Å². The summed E-state index contributed by atoms with van der Waals surface area (Å²) in [7, 11) is 1.63. The summed E-state index contributed by atoms with van der Waals surface area (Å²) in [5, 5.41) is 5.40. The van der Waals surface area contributed by atoms with Crippen molar-refractivity contribution in [2.75, 3.05) is 7.11 Å². The van der Waals surface area contributed by atoms with Crippen LogP contribution in [-0.4, -0.2) is 40.0 Å². The molecule has 0 radical (unpaired) electrons. The Kier molecular flexibility index (Phi) is 5.92. The fourth-order valence-electron chi connectivity index (χ4n) is 5.63. The normalized spacial score (nSPS) is 27.0. The molecule has 34 heavy (non-hydrogen) atoms. The zero-order valence-corrected chi connectivity index (χ0v) is 21.2. The Labute approximate surface area is 204 Å². The van der Waals surface area contributed by atoms with Crippen LogP contribution in [0, 0.1) is 11.8 Å². The lowest BCUT2D eigenvalue weighted by atomic mass is 9.77. The van der Waals surface area contributed by atoms with E-state index in [1.165, 1.54) is 6.42 Å². The molecule has 1 aliphatic carbocycles. The number of hydrogen-bond acceptors (Lipinski definition) is 4. The number of nitrogens with zero attached hydrogens (tertiary/aromatic N) is 2. The van der Waals surface area contributed by atoms with E-state index in [0.717, 1.165) is 34.4 Å². The number of benzene rings is 1. The lowest BCUT2D eigenvalue weighted by Gasteiger charge is -2.45. The van der Waals surface area contributed by atoms with Gasteiger partial charge < -0.3 is 19.5 Å². The quantitative estimate of drug-likeness (QED) is 0.556. The molecule has 2 amide bonds. The van der Waals surface area contributed by atoms with E-state index in [4.69, 9.17) is 4.74 Å². The second-order valence-electron chi connectivity index (χ2n) is 10.1. The van der Waals surface area contributed by atoms with Crippen molar-refractivity contribution in [1.82, 2.24) is 14.8 Å². The predicted molar refractivity (Wildman–Crippen MR) is 135 cm³/mol. The monoisotopic (exact) mass is 479 g/mol. The zero-order valence-electron chi connectivity index (χ0n) is 20.3. The molecule has 2 aliphatic rings. The van der Waals surface area contributed by atoms with Crippen molar-refractivity contribution in [1.29, 1.82) is 0 Å². The van der Waals surface area contributed by atoms with Crippen molar-refractivity contribution in [3.05, 3.63) is 53.0 Å². The third-order valence-corrected chi connectivity index (χ3v) is 8.94. The first-order chi connectivity index (χ1) is 16.3. The van der Waals surface area contributed by atoms with Gasteiger partial charge in [-0.2, -0.15) is 0 Å². The van der Waals surface area contributed by atoms with Crippen LogP contribution in [0.4, 0.5) is 0 Å². The molecule has 6 nitrogen and oxygen atoms in total. The SMILES string of the molecule is COc1ccccc1CN1C(=O)c2cc3sccc3n2C[C@]1(C)C(=O)N[C@@H]1CCC[C@@H](C)[C@@H]1C. The van der Waals surface area contributed by atoms with E-state index < -0.39 is 5.54 Å². The smallest absolute Gasteiger partial charge is 0.271 e. The Hall–Kier alpha value is -2.80. The predicted octanol–water partition coefficient (Wildman–Crippen LogP) is 5.07. The van der Waals surface area contributed by atoms with Crippen LogP contribution in [0.15, 0.2) is 41.8 Å². The maximum atomic E-state index is 14.0. The summed E-state index contributed by atoms with van der Waals surface area (Å²) < 4.78 is 8.66. The molecule has 180 valence electrons. The molecule has 1 aromatic carbocycles. The first-order valence-electron chi connectivity index (χ1n) is 12.1. The number of nitrogens with one attached hydrogen (secondary N) is 1. The van der Waals surface area contributed by atoms with E-state index >= 15 is 0 Å². The number of thiophene rings is 1. The van der Waals surface area contributed by atoms with Crippen LogP contribution in [-0.2, 0) is 17.9 Å². The number of carbonyl (C=O) groups is 2. The van der Waals surface area contributed by atoms with Gasteiger partial charge in [0.05, 0.1) is 30.4 Å². The summed E-state index contributed by atoms with van der Waals surface area (Å²) in [6, 6.07) is 11.8. The molecular weight excluding hydrogens is 446 g/mol. The van der Waals surface area contributed by atoms with Gasteiger partial charge in [-0.25, -0.2) is 0 Å². The van der Waals surface area contributed by atoms with Crippen molar-refractivity contribution in [2.45, 2.75) is 64.7 Å². The molecule has 1 saturated carbocycles. The number of para-hydroxylation sites is 1. The number of rotatable bonds is 5. The van der Waals surface area contributed by atoms with Crippen LogP contribution in [0.1, 0.15) is 56.1 Å². The molecular formula is C27H33N3O3S. The van der Waals surface area contributed by atoms with Crippen LogP contribution in [0.3, 0.4) is 0 Å². The molecule has 1 fully saturated rings. The molecule has 4 atom stereocenters. The highest BCUT2D eigenvalue weighted by atomic mass is 32.1. The minimum atomic E-state index is -1.03. The summed E-state index contributed by atoms with van der Waals surface area (Å²) in [5.41, 5.74) is 1.52. The third kappa shape index (κ3) is 3.70. The van der Waals surface area contributed by atoms with Gasteiger partial charge >= 0.3 is 0 Å². The molecule has 0 unspecified atom stereocenters. The second kappa shape index (κ2) is 8.77. The van der Waals surface area contributed by atoms with E-state index in [-0.39, 0.29) is 17.9 Å². The summed E-state index contributed by atoms with van der Waals surface area (Å²) in [6.07, 6.45) is 3.30. The van der Waals surface area contributed by atoms with Crippen LogP contribution in [0.2, 0.25) is 0 Å². The largest absolute Gasteiger partial charge is 0.496 e. The zero-order chi connectivity index (χ0) is 24.0. The van der Waals surface area contributed by atoms with Crippen LogP contribution < -0.4 is 10.1 Å². The first kappa shape index (κ1) is 23.0. The Balaban J connectivity index is 1.54. The average molecular weight is 480 g/mol. The van der Waals surface area contributed by atoms with Crippen molar-refractivity contribution < 1.29 is 14.3 Å². The maximum absolute atomic E-state index is 14.0. The number of ether oxygens (including phenoxy) is 1. The highest BCUT2D eigenvalue weighted by molar-refractivity contribution is 7.17. The highest BCUT2D eigenvalue weighted by Crippen LogP contribution is 2.37. The van der Waals surface area contributed by atoms with Crippen LogP contribution in [0.25, 0.3) is 10.2 Å². The molecule has 1 N–H and O–H groups in total. The topological polar surface area (TPSA) is 63.6 Å². The number of aromatic nitrogens is 1. The third-order valence-electron chi connectivity index (χ3n) is 8.08. The van der Waals surface area contributed by atoms with Gasteiger partial charge in [-0.05, 0) is 48.8 Å². The fraction of sp³-hybridized carbons (Fsp3) is 0.481. The van der Waals surface area contributed by atoms with Crippen molar-refractivity contribution in [3.8, 4) is 5.75 Å². The molecule has 2 aromatic heterocycles. The van der Waals surface area contributed by atoms with Gasteiger partial charge in [0.25, 0.3) is 5.91 Å². The summed E-state index contributed by atoms with van der Waals surface area (Å²) in [6.45, 7) is 7.14. The molecule has 3 aromatic rings. The Morgan fingerprint density at radius 3 is 2.82 bits per heavy atom. The Morgan fingerprint density at radius 2 is 2.03 bits per heavy atom. The molecule has 0 saturated heterocycles. The Morgan fingerprint density at radius 1 is 1.24 bits per heavy atom. The molecule has 0 bridgehead atoms. The van der Waals surface area contributed by atoms with Gasteiger partial charge in [0.1, 0.15) is 17.0 Å². The van der Waals surface area contributed by atoms with Crippen molar-refractivity contribution in [3.63, 3.8) is 0 Å². The molecule has 3 heterocycles. The van der Waals surface area contributed by atoms with E-state index in [0.29, 0.717) is 30.6 Å². The number of fused-ring (bicyclic) bond motifs is 3. The number of carbonyl (C=O) groups excluding carboxylic acids is 2. The van der Waals surface area contributed by atoms with Gasteiger partial charge in [0.15, 0.2) is 0 Å². The standard InChI is InChI=1S/C27H33N3O3S/c1-17-8-7-10-20(18(17)2)28-26(32)27(3)16-29-21-12-13-34-24(21)14-22(29)25(31)30(27)15-19-9-5-6-11-23(19)33-4/h5-6,9,11-14,17-18,20H,7-8,10,15-16H2,1-4H3,(H,28,32)/t17-,18+,20-,27-/m1/s1. The molecule has 1 aliphatic heterocycles. The van der Waals surface area contributed by atoms with E-state index in [1.54, 1.807) is 23.3 Å². The Bertz CT molecular complexity index is 1230. The number of amides is 2.